The molecule has 0 bridgehead atoms. The molecular formula is C22H35NO8Si2. The summed E-state index contributed by atoms with van der Waals surface area (Å²) < 4.78 is 28.1. The van der Waals surface area contributed by atoms with Gasteiger partial charge in [-0.25, -0.2) is 0 Å². The zero-order valence-electron chi connectivity index (χ0n) is 20.4. The highest BCUT2D eigenvalue weighted by Gasteiger charge is 2.51. The number of nitrogens with zero attached hydrogens (tertiary/aromatic N) is 1. The maximum atomic E-state index is 11.6. The lowest BCUT2D eigenvalue weighted by atomic mass is 10.1. The number of rotatable bonds is 11. The minimum absolute atomic E-state index is 0.146. The minimum Gasteiger partial charge on any atom is -0.520 e. The molecule has 0 aromatic heterocycles. The molecule has 184 valence electrons. The first-order chi connectivity index (χ1) is 15.4. The van der Waals surface area contributed by atoms with Gasteiger partial charge in [0.1, 0.15) is 5.75 Å². The summed E-state index contributed by atoms with van der Waals surface area (Å²) in [6, 6.07) is 7.08. The van der Waals surface area contributed by atoms with Crippen molar-refractivity contribution >= 4 is 35.3 Å². The molecular weight excluding hydrogens is 462 g/mol. The Morgan fingerprint density at radius 1 is 1.03 bits per heavy atom. The van der Waals surface area contributed by atoms with E-state index in [1.807, 2.05) is 18.2 Å². The molecule has 0 spiro atoms. The van der Waals surface area contributed by atoms with Crippen molar-refractivity contribution in [2.75, 3.05) is 20.6 Å². The lowest BCUT2D eigenvalue weighted by Gasteiger charge is -2.34. The van der Waals surface area contributed by atoms with Crippen molar-refractivity contribution in [2.45, 2.75) is 65.3 Å². The van der Waals surface area contributed by atoms with Gasteiger partial charge in [0.25, 0.3) is 17.9 Å². The van der Waals surface area contributed by atoms with E-state index in [0.717, 1.165) is 35.9 Å². The van der Waals surface area contributed by atoms with E-state index in [1.165, 1.54) is 20.8 Å². The first-order valence-electron chi connectivity index (χ1n) is 11.1. The quantitative estimate of drug-likeness (QED) is 0.427. The highest BCUT2D eigenvalue weighted by Crippen LogP contribution is 2.33. The molecule has 1 aromatic carbocycles. The van der Waals surface area contributed by atoms with Crippen LogP contribution in [0, 0.1) is 0 Å². The van der Waals surface area contributed by atoms with Gasteiger partial charge < -0.3 is 27.0 Å². The highest BCUT2D eigenvalue weighted by molar-refractivity contribution is 6.67. The number of hydrogen-bond acceptors (Lipinski definition) is 9. The summed E-state index contributed by atoms with van der Waals surface area (Å²) in [5.74, 6) is -1.12. The Balaban J connectivity index is 2.02. The van der Waals surface area contributed by atoms with Crippen molar-refractivity contribution in [1.82, 2.24) is 4.90 Å². The van der Waals surface area contributed by atoms with Crippen molar-refractivity contribution in [3.05, 3.63) is 29.3 Å². The Morgan fingerprint density at radius 3 is 2.18 bits per heavy atom. The Morgan fingerprint density at radius 2 is 1.64 bits per heavy atom. The Kier molecular flexibility index (Phi) is 9.64. The summed E-state index contributed by atoms with van der Waals surface area (Å²) >= 11 is 0. The fourth-order valence-corrected chi connectivity index (χ4v) is 8.30. The second-order valence-corrected chi connectivity index (χ2v) is 14.4. The van der Waals surface area contributed by atoms with Crippen LogP contribution >= 0.6 is 0 Å². The first kappa shape index (κ1) is 27.0. The zero-order valence-corrected chi connectivity index (χ0v) is 22.4. The second kappa shape index (κ2) is 11.8. The van der Waals surface area contributed by atoms with E-state index in [9.17, 15) is 14.4 Å². The number of carbonyl (C=O) groups is 3. The molecule has 1 heterocycles. The topological polar surface area (TPSA) is 101 Å². The van der Waals surface area contributed by atoms with Crippen LogP contribution in [0.5, 0.6) is 5.75 Å². The molecule has 2 rings (SSSR count). The Hall–Kier alpha value is -2.22. The van der Waals surface area contributed by atoms with Crippen molar-refractivity contribution in [1.29, 1.82) is 0 Å². The summed E-state index contributed by atoms with van der Waals surface area (Å²) in [7, 11) is -1.93. The van der Waals surface area contributed by atoms with E-state index >= 15 is 0 Å². The van der Waals surface area contributed by atoms with Crippen molar-refractivity contribution in [2.24, 2.45) is 0 Å². The largest absolute Gasteiger partial charge is 0.705 e. The molecule has 0 fully saturated rings. The smallest absolute Gasteiger partial charge is 0.520 e. The van der Waals surface area contributed by atoms with Gasteiger partial charge in [-0.05, 0) is 64.1 Å². The van der Waals surface area contributed by atoms with Crippen LogP contribution in [0.1, 0.15) is 44.7 Å². The number of benzene rings is 1. The van der Waals surface area contributed by atoms with E-state index in [2.05, 4.69) is 25.5 Å². The Labute approximate surface area is 197 Å². The van der Waals surface area contributed by atoms with Crippen LogP contribution < -0.4 is 4.43 Å². The normalized spacial score (nSPS) is 17.7. The molecule has 1 aliphatic rings. The molecule has 11 heteroatoms. The SMILES string of the molecule is CC(=O)O[Si](CCCc1ccc2c(c1)CO[Si](C)(CCCN(C)C)O2)(OC(C)=O)OC(C)=O. The fraction of sp³-hybridized carbons (Fsp3) is 0.591. The molecule has 1 aromatic rings. The number of aryl methyl sites for hydroxylation is 1. The maximum absolute atomic E-state index is 11.6. The third-order valence-corrected chi connectivity index (χ3v) is 10.5. The predicted molar refractivity (Wildman–Crippen MR) is 126 cm³/mol. The first-order valence-corrected chi connectivity index (χ1v) is 15.6. The third kappa shape index (κ3) is 8.91. The van der Waals surface area contributed by atoms with Crippen LogP contribution in [0.15, 0.2) is 18.2 Å². The van der Waals surface area contributed by atoms with Gasteiger partial charge >= 0.3 is 17.4 Å². The molecule has 0 aliphatic carbocycles. The molecule has 0 saturated carbocycles. The van der Waals surface area contributed by atoms with E-state index in [4.69, 9.17) is 22.1 Å². The summed E-state index contributed by atoms with van der Waals surface area (Å²) in [4.78, 5) is 36.9. The highest BCUT2D eigenvalue weighted by atomic mass is 28.4. The van der Waals surface area contributed by atoms with Crippen molar-refractivity contribution in [3.63, 3.8) is 0 Å². The molecule has 9 nitrogen and oxygen atoms in total. The van der Waals surface area contributed by atoms with Crippen LogP contribution in [0.25, 0.3) is 0 Å². The average Bonchev–Trinajstić information content (AvgIpc) is 2.66. The van der Waals surface area contributed by atoms with Gasteiger partial charge in [0, 0.05) is 32.4 Å². The molecule has 1 aliphatic heterocycles. The number of fused-ring (bicyclic) bond motifs is 1. The van der Waals surface area contributed by atoms with E-state index in [1.54, 1.807) is 0 Å². The fourth-order valence-electron chi connectivity index (χ4n) is 3.71. The average molecular weight is 498 g/mol. The van der Waals surface area contributed by atoms with Crippen LogP contribution in [0.3, 0.4) is 0 Å². The van der Waals surface area contributed by atoms with Gasteiger partial charge in [-0.1, -0.05) is 6.07 Å². The summed E-state index contributed by atoms with van der Waals surface area (Å²) in [5.41, 5.74) is 2.03. The summed E-state index contributed by atoms with van der Waals surface area (Å²) in [6.45, 7) is 7.19. The third-order valence-electron chi connectivity index (χ3n) is 5.07. The molecule has 33 heavy (non-hydrogen) atoms. The van der Waals surface area contributed by atoms with Gasteiger partial charge in [-0.2, -0.15) is 0 Å². The number of carbonyl (C=O) groups excluding carboxylic acids is 3. The summed E-state index contributed by atoms with van der Waals surface area (Å²) in [5, 5.41) is 0. The molecule has 0 saturated heterocycles. The van der Waals surface area contributed by atoms with Gasteiger partial charge in [-0.15, -0.1) is 0 Å². The lowest BCUT2D eigenvalue weighted by molar-refractivity contribution is -0.147. The maximum Gasteiger partial charge on any atom is 0.705 e. The van der Waals surface area contributed by atoms with Crippen LogP contribution in [0.2, 0.25) is 18.6 Å². The van der Waals surface area contributed by atoms with E-state index in [-0.39, 0.29) is 6.04 Å². The van der Waals surface area contributed by atoms with Crippen LogP contribution in [-0.4, -0.2) is 60.8 Å². The predicted octanol–water partition coefficient (Wildman–Crippen LogP) is 3.18. The lowest BCUT2D eigenvalue weighted by Crippen LogP contribution is -2.49. The van der Waals surface area contributed by atoms with Crippen molar-refractivity contribution < 1.29 is 36.5 Å². The van der Waals surface area contributed by atoms with Crippen LogP contribution in [-0.2, 0) is 45.1 Å². The van der Waals surface area contributed by atoms with E-state index < -0.39 is 35.3 Å². The number of hydrogen-bond donors (Lipinski definition) is 0. The van der Waals surface area contributed by atoms with Gasteiger partial charge in [0.15, 0.2) is 0 Å². The zero-order chi connectivity index (χ0) is 24.6. The second-order valence-electron chi connectivity index (χ2n) is 8.69. The minimum atomic E-state index is -3.80. The van der Waals surface area contributed by atoms with Gasteiger partial charge in [0.2, 0.25) is 0 Å². The Bertz CT molecular complexity index is 822. The van der Waals surface area contributed by atoms with Gasteiger partial charge in [0.05, 0.1) is 12.7 Å². The van der Waals surface area contributed by atoms with Crippen molar-refractivity contribution in [3.8, 4) is 5.75 Å². The molecule has 0 radical (unpaired) electrons. The standard InChI is InChI=1S/C22H35NO8Si2/c1-17(24)28-33(29-18(2)25,30-19(3)26)14-7-9-20-10-11-22-21(15-20)16-27-32(6,31-22)13-8-12-23(4)5/h10-11,15H,7-9,12-14,16H2,1-6H3. The van der Waals surface area contributed by atoms with Crippen LogP contribution in [0.4, 0.5) is 0 Å². The van der Waals surface area contributed by atoms with Gasteiger partial charge in [-0.3, -0.25) is 14.4 Å². The van der Waals surface area contributed by atoms with E-state index in [0.29, 0.717) is 19.4 Å². The monoisotopic (exact) mass is 497 g/mol. The molecule has 0 N–H and O–H groups in total. The summed E-state index contributed by atoms with van der Waals surface area (Å²) in [6.07, 6.45) is 2.14. The molecule has 0 amide bonds. The molecule has 1 atom stereocenters. The molecule has 1 unspecified atom stereocenters.